The molecule has 136 valence electrons. The molecule has 0 spiro atoms. The molecule has 2 nitrogen and oxygen atoms in total. The van der Waals surface area contributed by atoms with Gasteiger partial charge in [-0.05, 0) is 65.1 Å². The minimum atomic E-state index is -0.0649. The molecule has 0 bridgehead atoms. The maximum Gasteiger partial charge on any atom is 0.255 e. The molecular formula is C26H21NO. The van der Waals surface area contributed by atoms with E-state index in [1.807, 2.05) is 36.4 Å². The Balaban J connectivity index is 1.37. The fourth-order valence-corrected chi connectivity index (χ4v) is 4.16. The van der Waals surface area contributed by atoms with Crippen molar-refractivity contribution in [2.45, 2.75) is 19.3 Å². The van der Waals surface area contributed by atoms with Crippen molar-refractivity contribution in [3.63, 3.8) is 0 Å². The van der Waals surface area contributed by atoms with Crippen molar-refractivity contribution in [3.05, 3.63) is 113 Å². The fraction of sp³-hybridized carbons (Fsp3) is 0.115. The second-order valence-corrected chi connectivity index (χ2v) is 7.43. The Morgan fingerprint density at radius 2 is 1.43 bits per heavy atom. The summed E-state index contributed by atoms with van der Waals surface area (Å²) < 4.78 is 0. The zero-order valence-corrected chi connectivity index (χ0v) is 15.6. The molecule has 0 saturated carbocycles. The molecule has 0 aromatic heterocycles. The van der Waals surface area contributed by atoms with Crippen LogP contribution in [0.4, 0.5) is 5.69 Å². The number of benzene rings is 4. The van der Waals surface area contributed by atoms with Crippen LogP contribution in [0.2, 0.25) is 0 Å². The van der Waals surface area contributed by atoms with Crippen molar-refractivity contribution in [1.29, 1.82) is 0 Å². The molecule has 1 N–H and O–H groups in total. The third-order valence-corrected chi connectivity index (χ3v) is 5.59. The largest absolute Gasteiger partial charge is 0.321 e. The summed E-state index contributed by atoms with van der Waals surface area (Å²) >= 11 is 0. The number of aryl methyl sites for hydroxylation is 2. The van der Waals surface area contributed by atoms with Crippen molar-refractivity contribution in [2.24, 2.45) is 0 Å². The Morgan fingerprint density at radius 1 is 0.714 bits per heavy atom. The molecule has 28 heavy (non-hydrogen) atoms. The van der Waals surface area contributed by atoms with Gasteiger partial charge in [-0.2, -0.15) is 0 Å². The fourth-order valence-electron chi connectivity index (χ4n) is 4.16. The van der Waals surface area contributed by atoms with Gasteiger partial charge >= 0.3 is 0 Å². The lowest BCUT2D eigenvalue weighted by molar-refractivity contribution is 0.102. The standard InChI is InChI=1S/C26H21NO/c28-26(22-11-9-19(10-12-22)17-18-5-2-1-3-6-18)27-24-16-15-21-14-13-20-7-4-8-23(24)25(20)21/h1-12,15-16H,13-14,17H2,(H,27,28). The molecule has 0 heterocycles. The van der Waals surface area contributed by atoms with Gasteiger partial charge in [0.15, 0.2) is 0 Å². The second kappa shape index (κ2) is 6.97. The normalized spacial score (nSPS) is 12.3. The van der Waals surface area contributed by atoms with Crippen LogP contribution in [0.1, 0.15) is 32.6 Å². The third-order valence-electron chi connectivity index (χ3n) is 5.59. The second-order valence-electron chi connectivity index (χ2n) is 7.43. The lowest BCUT2D eigenvalue weighted by Crippen LogP contribution is -2.12. The van der Waals surface area contributed by atoms with E-state index in [1.54, 1.807) is 0 Å². The van der Waals surface area contributed by atoms with Gasteiger partial charge in [-0.25, -0.2) is 0 Å². The third kappa shape index (κ3) is 3.07. The quantitative estimate of drug-likeness (QED) is 0.489. The van der Waals surface area contributed by atoms with E-state index in [0.717, 1.165) is 30.3 Å². The van der Waals surface area contributed by atoms with Crippen LogP contribution in [-0.4, -0.2) is 5.91 Å². The van der Waals surface area contributed by atoms with Crippen molar-refractivity contribution >= 4 is 22.4 Å². The molecule has 0 radical (unpaired) electrons. The summed E-state index contributed by atoms with van der Waals surface area (Å²) in [6.07, 6.45) is 3.05. The first kappa shape index (κ1) is 16.8. The molecule has 1 amide bonds. The average molecular weight is 363 g/mol. The van der Waals surface area contributed by atoms with Crippen LogP contribution in [0.5, 0.6) is 0 Å². The molecule has 4 aromatic rings. The zero-order valence-electron chi connectivity index (χ0n) is 15.6. The molecule has 0 unspecified atom stereocenters. The van der Waals surface area contributed by atoms with Crippen LogP contribution in [0.3, 0.4) is 0 Å². The summed E-state index contributed by atoms with van der Waals surface area (Å²) in [4.78, 5) is 12.8. The van der Waals surface area contributed by atoms with E-state index in [0.29, 0.717) is 5.56 Å². The highest BCUT2D eigenvalue weighted by molar-refractivity contribution is 6.10. The van der Waals surface area contributed by atoms with Gasteiger partial charge < -0.3 is 5.32 Å². The maximum absolute atomic E-state index is 12.8. The summed E-state index contributed by atoms with van der Waals surface area (Å²) in [6, 6.07) is 28.8. The van der Waals surface area contributed by atoms with Gasteiger partial charge in [-0.3, -0.25) is 4.79 Å². The number of carbonyl (C=O) groups is 1. The molecule has 5 rings (SSSR count). The van der Waals surface area contributed by atoms with E-state index >= 15 is 0 Å². The van der Waals surface area contributed by atoms with E-state index in [4.69, 9.17) is 0 Å². The Morgan fingerprint density at radius 3 is 2.21 bits per heavy atom. The molecular weight excluding hydrogens is 342 g/mol. The maximum atomic E-state index is 12.8. The molecule has 4 aromatic carbocycles. The van der Waals surface area contributed by atoms with Crippen LogP contribution in [0.15, 0.2) is 84.9 Å². The predicted octanol–water partition coefficient (Wildman–Crippen LogP) is 5.78. The predicted molar refractivity (Wildman–Crippen MR) is 115 cm³/mol. The molecule has 1 aliphatic carbocycles. The lowest BCUT2D eigenvalue weighted by atomic mass is 10.0. The Labute approximate surface area is 164 Å². The Bertz CT molecular complexity index is 1150. The first-order chi connectivity index (χ1) is 13.8. The minimum absolute atomic E-state index is 0.0649. The smallest absolute Gasteiger partial charge is 0.255 e. The Hall–Kier alpha value is -3.39. The summed E-state index contributed by atoms with van der Waals surface area (Å²) in [5, 5.41) is 5.57. The van der Waals surface area contributed by atoms with E-state index in [-0.39, 0.29) is 5.91 Å². The Kier molecular flexibility index (Phi) is 4.17. The topological polar surface area (TPSA) is 29.1 Å². The van der Waals surface area contributed by atoms with E-state index in [9.17, 15) is 4.79 Å². The molecule has 0 fully saturated rings. The van der Waals surface area contributed by atoms with Crippen LogP contribution in [0, 0.1) is 0 Å². The average Bonchev–Trinajstić information content (AvgIpc) is 3.16. The minimum Gasteiger partial charge on any atom is -0.321 e. The van der Waals surface area contributed by atoms with Crippen molar-refractivity contribution < 1.29 is 4.79 Å². The number of rotatable bonds is 4. The summed E-state index contributed by atoms with van der Waals surface area (Å²) in [7, 11) is 0. The van der Waals surface area contributed by atoms with E-state index < -0.39 is 0 Å². The number of anilines is 1. The lowest BCUT2D eigenvalue weighted by Gasteiger charge is -2.11. The van der Waals surface area contributed by atoms with Crippen LogP contribution >= 0.6 is 0 Å². The van der Waals surface area contributed by atoms with Crippen molar-refractivity contribution in [3.8, 4) is 0 Å². The van der Waals surface area contributed by atoms with Crippen molar-refractivity contribution in [1.82, 2.24) is 0 Å². The summed E-state index contributed by atoms with van der Waals surface area (Å²) in [6.45, 7) is 0. The highest BCUT2D eigenvalue weighted by atomic mass is 16.1. The SMILES string of the molecule is O=C(Nc1ccc2c3c(cccc13)CC2)c1ccc(Cc2ccccc2)cc1. The highest BCUT2D eigenvalue weighted by Gasteiger charge is 2.17. The zero-order chi connectivity index (χ0) is 18.9. The van der Waals surface area contributed by atoms with Gasteiger partial charge in [0.25, 0.3) is 5.91 Å². The van der Waals surface area contributed by atoms with Gasteiger partial charge in [0.2, 0.25) is 0 Å². The van der Waals surface area contributed by atoms with Crippen LogP contribution < -0.4 is 5.32 Å². The summed E-state index contributed by atoms with van der Waals surface area (Å²) in [5.74, 6) is -0.0649. The first-order valence-corrected chi connectivity index (χ1v) is 9.76. The van der Waals surface area contributed by atoms with Gasteiger partial charge in [-0.1, -0.05) is 66.7 Å². The number of hydrogen-bond donors (Lipinski definition) is 1. The molecule has 1 aliphatic rings. The number of carbonyl (C=O) groups excluding carboxylic acids is 1. The molecule has 0 atom stereocenters. The molecule has 0 aliphatic heterocycles. The van der Waals surface area contributed by atoms with Gasteiger partial charge in [0, 0.05) is 16.6 Å². The van der Waals surface area contributed by atoms with Crippen molar-refractivity contribution in [2.75, 3.05) is 5.32 Å². The van der Waals surface area contributed by atoms with E-state index in [1.165, 1.54) is 27.6 Å². The number of amides is 1. The summed E-state index contributed by atoms with van der Waals surface area (Å²) in [5.41, 5.74) is 6.81. The van der Waals surface area contributed by atoms with Gasteiger partial charge in [0.05, 0.1) is 0 Å². The monoisotopic (exact) mass is 363 g/mol. The number of hydrogen-bond acceptors (Lipinski definition) is 1. The van der Waals surface area contributed by atoms with Gasteiger partial charge in [0.1, 0.15) is 0 Å². The number of nitrogens with one attached hydrogen (secondary N) is 1. The first-order valence-electron chi connectivity index (χ1n) is 9.76. The molecule has 2 heteroatoms. The highest BCUT2D eigenvalue weighted by Crippen LogP contribution is 2.35. The van der Waals surface area contributed by atoms with E-state index in [2.05, 4.69) is 53.8 Å². The van der Waals surface area contributed by atoms with Gasteiger partial charge in [-0.15, -0.1) is 0 Å². The van der Waals surface area contributed by atoms with Crippen LogP contribution in [-0.2, 0) is 19.3 Å². The van der Waals surface area contributed by atoms with Crippen LogP contribution in [0.25, 0.3) is 10.8 Å². The molecule has 0 saturated heterocycles.